The van der Waals surface area contributed by atoms with Gasteiger partial charge >= 0.3 is 0 Å². The Balaban J connectivity index is 2.00. The van der Waals surface area contributed by atoms with Crippen molar-refractivity contribution in [3.05, 3.63) is 28.2 Å². The maximum absolute atomic E-state index is 6.00. The molecule has 0 atom stereocenters. The van der Waals surface area contributed by atoms with Gasteiger partial charge in [-0.3, -0.25) is 0 Å². The zero-order chi connectivity index (χ0) is 13.4. The van der Waals surface area contributed by atoms with Gasteiger partial charge in [-0.15, -0.1) is 5.10 Å². The molecule has 1 aromatic heterocycles. The molecule has 0 unspecified atom stereocenters. The summed E-state index contributed by atoms with van der Waals surface area (Å²) in [5, 5.41) is 4.54. The fraction of sp³-hybridized carbons (Fsp3) is 0.385. The number of nitrogens with two attached hydrogens (primary N) is 1. The van der Waals surface area contributed by atoms with Crippen LogP contribution < -0.4 is 10.6 Å². The lowest BCUT2D eigenvalue weighted by Gasteiger charge is -2.11. The first-order chi connectivity index (χ1) is 9.15. The van der Waals surface area contributed by atoms with E-state index in [1.807, 2.05) is 25.1 Å². The van der Waals surface area contributed by atoms with Crippen molar-refractivity contribution in [3.8, 4) is 5.69 Å². The van der Waals surface area contributed by atoms with Gasteiger partial charge in [0, 0.05) is 17.6 Å². The second-order valence-electron chi connectivity index (χ2n) is 4.81. The molecule has 2 aromatic rings. The van der Waals surface area contributed by atoms with Crippen LogP contribution in [0.5, 0.6) is 0 Å². The normalized spacial score (nSPS) is 15.2. The highest BCUT2D eigenvalue weighted by Crippen LogP contribution is 2.23. The second kappa shape index (κ2) is 4.85. The van der Waals surface area contributed by atoms with E-state index in [0.717, 1.165) is 34.8 Å². The van der Waals surface area contributed by atoms with Gasteiger partial charge in [-0.05, 0) is 43.5 Å². The van der Waals surface area contributed by atoms with Crippen LogP contribution in [0.25, 0.3) is 5.69 Å². The van der Waals surface area contributed by atoms with Crippen LogP contribution in [0.4, 0.5) is 11.9 Å². The average Bonchev–Trinajstić information content (AvgIpc) is 2.98. The van der Waals surface area contributed by atoms with E-state index < -0.39 is 0 Å². The molecule has 0 amide bonds. The van der Waals surface area contributed by atoms with Crippen molar-refractivity contribution >= 4 is 27.8 Å². The minimum Gasteiger partial charge on any atom is -0.368 e. The van der Waals surface area contributed by atoms with Gasteiger partial charge in [0.05, 0.1) is 5.69 Å². The maximum Gasteiger partial charge on any atom is 0.246 e. The third kappa shape index (κ3) is 2.32. The molecule has 1 saturated heterocycles. The number of rotatable bonds is 2. The maximum atomic E-state index is 6.00. The number of hydrogen-bond acceptors (Lipinski definition) is 4. The summed E-state index contributed by atoms with van der Waals surface area (Å²) < 4.78 is 2.77. The number of nitrogen functional groups attached to an aromatic ring is 1. The number of benzene rings is 1. The Hall–Kier alpha value is -1.56. The first kappa shape index (κ1) is 12.5. The molecule has 0 aliphatic carbocycles. The van der Waals surface area contributed by atoms with E-state index in [-0.39, 0.29) is 0 Å². The molecule has 0 radical (unpaired) electrons. The van der Waals surface area contributed by atoms with E-state index >= 15 is 0 Å². The van der Waals surface area contributed by atoms with Gasteiger partial charge < -0.3 is 10.6 Å². The van der Waals surface area contributed by atoms with Crippen molar-refractivity contribution in [2.75, 3.05) is 23.7 Å². The van der Waals surface area contributed by atoms with Crippen molar-refractivity contribution in [1.29, 1.82) is 0 Å². The summed E-state index contributed by atoms with van der Waals surface area (Å²) in [6.07, 6.45) is 2.40. The van der Waals surface area contributed by atoms with E-state index in [1.54, 1.807) is 4.68 Å². The number of anilines is 2. The molecule has 2 N–H and O–H groups in total. The first-order valence-corrected chi connectivity index (χ1v) is 7.18. The van der Waals surface area contributed by atoms with Crippen LogP contribution in [-0.2, 0) is 0 Å². The summed E-state index contributed by atoms with van der Waals surface area (Å²) in [5.41, 5.74) is 8.08. The van der Waals surface area contributed by atoms with Gasteiger partial charge in [0.15, 0.2) is 0 Å². The zero-order valence-corrected chi connectivity index (χ0v) is 12.4. The smallest absolute Gasteiger partial charge is 0.246 e. The molecule has 5 nitrogen and oxygen atoms in total. The molecular formula is C13H16BrN5. The fourth-order valence-electron chi connectivity index (χ4n) is 2.40. The Labute approximate surface area is 120 Å². The second-order valence-corrected chi connectivity index (χ2v) is 5.72. The lowest BCUT2D eigenvalue weighted by atomic mass is 10.2. The molecule has 1 fully saturated rings. The minimum atomic E-state index is 0.437. The average molecular weight is 322 g/mol. The Morgan fingerprint density at radius 3 is 2.68 bits per heavy atom. The zero-order valence-electron chi connectivity index (χ0n) is 10.8. The SMILES string of the molecule is Cc1cc(Br)ccc1-n1nc(N2CCCC2)nc1N. The Bertz CT molecular complexity index is 601. The molecule has 100 valence electrons. The van der Waals surface area contributed by atoms with Crippen LogP contribution in [0, 0.1) is 6.92 Å². The predicted molar refractivity (Wildman–Crippen MR) is 79.7 cm³/mol. The predicted octanol–water partition coefficient (Wildman–Crippen LogP) is 2.52. The highest BCUT2D eigenvalue weighted by Gasteiger charge is 2.19. The molecule has 19 heavy (non-hydrogen) atoms. The number of halogens is 1. The highest BCUT2D eigenvalue weighted by atomic mass is 79.9. The lowest BCUT2D eigenvalue weighted by molar-refractivity contribution is 0.843. The quantitative estimate of drug-likeness (QED) is 0.923. The summed E-state index contributed by atoms with van der Waals surface area (Å²) in [7, 11) is 0. The van der Waals surface area contributed by atoms with Crippen LogP contribution >= 0.6 is 15.9 Å². The van der Waals surface area contributed by atoms with Crippen LogP contribution in [0.15, 0.2) is 22.7 Å². The van der Waals surface area contributed by atoms with Gasteiger partial charge in [-0.2, -0.15) is 9.67 Å². The van der Waals surface area contributed by atoms with Crippen molar-refractivity contribution in [3.63, 3.8) is 0 Å². The molecule has 0 bridgehead atoms. The molecule has 0 spiro atoms. The third-order valence-electron chi connectivity index (χ3n) is 3.40. The van der Waals surface area contributed by atoms with E-state index in [4.69, 9.17) is 5.73 Å². The van der Waals surface area contributed by atoms with Gasteiger partial charge in [-0.1, -0.05) is 15.9 Å². The molecule has 1 aliphatic heterocycles. The van der Waals surface area contributed by atoms with Gasteiger partial charge in [-0.25, -0.2) is 0 Å². The molecule has 0 saturated carbocycles. The Morgan fingerprint density at radius 2 is 2.00 bits per heavy atom. The van der Waals surface area contributed by atoms with Crippen molar-refractivity contribution in [1.82, 2.24) is 14.8 Å². The first-order valence-electron chi connectivity index (χ1n) is 6.39. The fourth-order valence-corrected chi connectivity index (χ4v) is 2.87. The standard InChI is InChI=1S/C13H16BrN5/c1-9-8-10(14)4-5-11(9)19-12(15)16-13(17-19)18-6-2-3-7-18/h4-5,8H,2-3,6-7H2,1H3,(H2,15,16,17). The summed E-state index contributed by atoms with van der Waals surface area (Å²) in [6.45, 7) is 4.07. The third-order valence-corrected chi connectivity index (χ3v) is 3.89. The molecule has 3 rings (SSSR count). The number of nitrogens with zero attached hydrogens (tertiary/aromatic N) is 4. The number of hydrogen-bond donors (Lipinski definition) is 1. The largest absolute Gasteiger partial charge is 0.368 e. The molecule has 6 heteroatoms. The van der Waals surface area contributed by atoms with Crippen LogP contribution in [0.1, 0.15) is 18.4 Å². The van der Waals surface area contributed by atoms with Crippen molar-refractivity contribution in [2.45, 2.75) is 19.8 Å². The van der Waals surface area contributed by atoms with Gasteiger partial charge in [0.2, 0.25) is 11.9 Å². The number of aromatic nitrogens is 3. The summed E-state index contributed by atoms with van der Waals surface area (Å²) >= 11 is 3.46. The van der Waals surface area contributed by atoms with E-state index in [9.17, 15) is 0 Å². The highest BCUT2D eigenvalue weighted by molar-refractivity contribution is 9.10. The topological polar surface area (TPSA) is 60.0 Å². The summed E-state index contributed by atoms with van der Waals surface area (Å²) in [5.74, 6) is 1.17. The Kier molecular flexibility index (Phi) is 3.18. The monoisotopic (exact) mass is 321 g/mol. The van der Waals surface area contributed by atoms with Crippen LogP contribution in [0.2, 0.25) is 0 Å². The van der Waals surface area contributed by atoms with E-state index in [2.05, 4.69) is 30.9 Å². The Morgan fingerprint density at radius 1 is 1.26 bits per heavy atom. The summed E-state index contributed by atoms with van der Waals surface area (Å²) in [4.78, 5) is 6.56. The molecule has 1 aromatic carbocycles. The van der Waals surface area contributed by atoms with Crippen LogP contribution in [0.3, 0.4) is 0 Å². The minimum absolute atomic E-state index is 0.437. The van der Waals surface area contributed by atoms with Crippen molar-refractivity contribution < 1.29 is 0 Å². The summed E-state index contributed by atoms with van der Waals surface area (Å²) in [6, 6.07) is 6.03. The molecular weight excluding hydrogens is 306 g/mol. The van der Waals surface area contributed by atoms with E-state index in [1.165, 1.54) is 12.8 Å². The molecule has 1 aliphatic rings. The number of aryl methyl sites for hydroxylation is 1. The van der Waals surface area contributed by atoms with Gasteiger partial charge in [0.25, 0.3) is 0 Å². The van der Waals surface area contributed by atoms with Crippen LogP contribution in [-0.4, -0.2) is 27.9 Å². The van der Waals surface area contributed by atoms with Gasteiger partial charge in [0.1, 0.15) is 0 Å². The lowest BCUT2D eigenvalue weighted by Crippen LogP contribution is -2.19. The molecule has 2 heterocycles. The van der Waals surface area contributed by atoms with Crippen molar-refractivity contribution in [2.24, 2.45) is 0 Å². The van der Waals surface area contributed by atoms with E-state index in [0.29, 0.717) is 5.95 Å².